The van der Waals surface area contributed by atoms with E-state index in [0.29, 0.717) is 17.2 Å². The van der Waals surface area contributed by atoms with E-state index in [0.717, 1.165) is 44.5 Å². The van der Waals surface area contributed by atoms with E-state index in [1.807, 2.05) is 24.0 Å². The van der Waals surface area contributed by atoms with E-state index in [9.17, 15) is 9.90 Å². The number of amides is 1. The lowest BCUT2D eigenvalue weighted by Crippen LogP contribution is -2.61. The Morgan fingerprint density at radius 1 is 1.38 bits per heavy atom. The number of rotatable bonds is 6. The van der Waals surface area contributed by atoms with E-state index >= 15 is 0 Å². The number of aliphatic hydroxyl groups is 1. The van der Waals surface area contributed by atoms with Gasteiger partial charge in [0.2, 0.25) is 5.91 Å². The van der Waals surface area contributed by atoms with Gasteiger partial charge in [-0.3, -0.25) is 4.79 Å². The molecule has 1 spiro atoms. The van der Waals surface area contributed by atoms with Gasteiger partial charge in [-0.05, 0) is 44.2 Å². The molecule has 0 unspecified atom stereocenters. The van der Waals surface area contributed by atoms with Crippen LogP contribution in [0, 0.1) is 11.3 Å². The number of halogens is 1. The Hall–Kier alpha value is -1.46. The zero-order chi connectivity index (χ0) is 18.7. The molecule has 1 atom stereocenters. The van der Waals surface area contributed by atoms with Crippen molar-refractivity contribution in [2.45, 2.75) is 45.1 Å². The second-order valence-corrected chi connectivity index (χ2v) is 8.00. The number of carbonyl (C=O) groups is 1. The van der Waals surface area contributed by atoms with Crippen molar-refractivity contribution in [1.29, 1.82) is 0 Å². The van der Waals surface area contributed by atoms with Gasteiger partial charge in [0.05, 0.1) is 30.8 Å². The van der Waals surface area contributed by atoms with Crippen molar-refractivity contribution in [3.63, 3.8) is 0 Å². The second kappa shape index (κ2) is 8.05. The smallest absolute Gasteiger partial charge is 0.228 e. The second-order valence-electron chi connectivity index (χ2n) is 7.60. The van der Waals surface area contributed by atoms with E-state index in [-0.39, 0.29) is 30.0 Å². The van der Waals surface area contributed by atoms with Crippen LogP contribution in [0.5, 0.6) is 11.5 Å². The number of nitrogens with zero attached hydrogens (tertiary/aromatic N) is 1. The van der Waals surface area contributed by atoms with E-state index in [1.165, 1.54) is 0 Å². The molecule has 1 heterocycles. The number of likely N-dealkylation sites (tertiary alicyclic amines) is 1. The van der Waals surface area contributed by atoms with Crippen molar-refractivity contribution in [2.24, 2.45) is 11.3 Å². The van der Waals surface area contributed by atoms with Gasteiger partial charge in [0.1, 0.15) is 11.5 Å². The topological polar surface area (TPSA) is 59.0 Å². The molecular formula is C20H28ClNO4. The minimum Gasteiger partial charge on any atom is -0.495 e. The van der Waals surface area contributed by atoms with Crippen molar-refractivity contribution in [2.75, 3.05) is 26.8 Å². The first-order valence-corrected chi connectivity index (χ1v) is 9.78. The van der Waals surface area contributed by atoms with Gasteiger partial charge in [-0.25, -0.2) is 0 Å². The van der Waals surface area contributed by atoms with Gasteiger partial charge in [-0.2, -0.15) is 0 Å². The van der Waals surface area contributed by atoms with Crippen LogP contribution < -0.4 is 9.47 Å². The normalized spacial score (nSPS) is 20.5. The molecule has 2 fully saturated rings. The van der Waals surface area contributed by atoms with Gasteiger partial charge in [0.15, 0.2) is 0 Å². The lowest BCUT2D eigenvalue weighted by atomic mass is 9.67. The summed E-state index contributed by atoms with van der Waals surface area (Å²) < 4.78 is 11.3. The number of hydrogen-bond donors (Lipinski definition) is 1. The molecule has 26 heavy (non-hydrogen) atoms. The number of carbonyl (C=O) groups excluding carboxylic acids is 1. The number of ether oxygens (including phenoxy) is 2. The van der Waals surface area contributed by atoms with Crippen molar-refractivity contribution >= 4 is 17.5 Å². The number of hydrogen-bond acceptors (Lipinski definition) is 4. The summed E-state index contributed by atoms with van der Waals surface area (Å²) in [7, 11) is 1.60. The van der Waals surface area contributed by atoms with Crippen LogP contribution in [0.2, 0.25) is 5.02 Å². The first-order valence-electron chi connectivity index (χ1n) is 9.40. The molecule has 0 bridgehead atoms. The highest BCUT2D eigenvalue weighted by Gasteiger charge is 2.47. The number of benzene rings is 1. The summed E-state index contributed by atoms with van der Waals surface area (Å²) in [5, 5.41) is 9.89. The maximum absolute atomic E-state index is 12.3. The summed E-state index contributed by atoms with van der Waals surface area (Å²) in [6.45, 7) is 3.54. The maximum Gasteiger partial charge on any atom is 0.228 e. The highest BCUT2D eigenvalue weighted by molar-refractivity contribution is 6.32. The fraction of sp³-hybridized carbons (Fsp3) is 0.650. The summed E-state index contributed by atoms with van der Waals surface area (Å²) in [6.07, 6.45) is 5.01. The first-order chi connectivity index (χ1) is 12.5. The minimum absolute atomic E-state index is 0.0562. The zero-order valence-electron chi connectivity index (χ0n) is 15.5. The predicted octanol–water partition coefficient (Wildman–Crippen LogP) is 3.52. The predicted molar refractivity (Wildman–Crippen MR) is 101 cm³/mol. The standard InChI is InChI=1S/C20H28ClNO4/c1-3-14(11-23)19(24)22-12-20(13-22)8-6-15(7-9-20)26-16-4-5-17(21)18(10-16)25-2/h4-5,10,14-15,23H,3,6-9,11-13H2,1-2H3/t14-/m1/s1. The Labute approximate surface area is 160 Å². The molecule has 1 aliphatic heterocycles. The molecule has 2 aliphatic rings. The van der Waals surface area contributed by atoms with Crippen molar-refractivity contribution in [1.82, 2.24) is 4.90 Å². The van der Waals surface area contributed by atoms with Gasteiger partial charge in [-0.15, -0.1) is 0 Å². The summed E-state index contributed by atoms with van der Waals surface area (Å²) in [5.41, 5.74) is 0.251. The molecule has 1 aromatic rings. The van der Waals surface area contributed by atoms with Crippen LogP contribution in [0.15, 0.2) is 18.2 Å². The van der Waals surface area contributed by atoms with Crippen molar-refractivity contribution in [3.05, 3.63) is 23.2 Å². The van der Waals surface area contributed by atoms with Gasteiger partial charge in [-0.1, -0.05) is 18.5 Å². The first kappa shape index (κ1) is 19.3. The average Bonchev–Trinajstić information content (AvgIpc) is 2.63. The summed E-state index contributed by atoms with van der Waals surface area (Å²) in [4.78, 5) is 14.2. The highest BCUT2D eigenvalue weighted by Crippen LogP contribution is 2.45. The number of aliphatic hydroxyl groups excluding tert-OH is 1. The molecule has 3 rings (SSSR count). The largest absolute Gasteiger partial charge is 0.495 e. The Morgan fingerprint density at radius 3 is 2.65 bits per heavy atom. The quantitative estimate of drug-likeness (QED) is 0.819. The molecule has 5 nitrogen and oxygen atoms in total. The van der Waals surface area contributed by atoms with Gasteiger partial charge < -0.3 is 19.5 Å². The minimum atomic E-state index is -0.244. The van der Waals surface area contributed by atoms with Crippen LogP contribution in [0.1, 0.15) is 39.0 Å². The molecule has 1 amide bonds. The van der Waals surface area contributed by atoms with Crippen LogP contribution >= 0.6 is 11.6 Å². The van der Waals surface area contributed by atoms with Crippen LogP contribution in [-0.2, 0) is 4.79 Å². The maximum atomic E-state index is 12.3. The van der Waals surface area contributed by atoms with Crippen molar-refractivity contribution < 1.29 is 19.4 Å². The van der Waals surface area contributed by atoms with Crippen molar-refractivity contribution in [3.8, 4) is 11.5 Å². The lowest BCUT2D eigenvalue weighted by molar-refractivity contribution is -0.152. The fourth-order valence-electron chi connectivity index (χ4n) is 4.10. The summed E-state index contributed by atoms with van der Waals surface area (Å²) in [6, 6.07) is 5.50. The molecule has 144 valence electrons. The number of methoxy groups -OCH3 is 1. The third kappa shape index (κ3) is 3.94. The lowest BCUT2D eigenvalue weighted by Gasteiger charge is -2.54. The molecule has 1 N–H and O–H groups in total. The Morgan fingerprint density at radius 2 is 2.08 bits per heavy atom. The molecule has 1 aromatic carbocycles. The van der Waals surface area contributed by atoms with E-state index in [2.05, 4.69) is 0 Å². The van der Waals surface area contributed by atoms with Gasteiger partial charge >= 0.3 is 0 Å². The van der Waals surface area contributed by atoms with E-state index < -0.39 is 0 Å². The zero-order valence-corrected chi connectivity index (χ0v) is 16.3. The molecule has 0 radical (unpaired) electrons. The fourth-order valence-corrected chi connectivity index (χ4v) is 4.30. The third-order valence-electron chi connectivity index (χ3n) is 5.85. The Bertz CT molecular complexity index is 631. The van der Waals surface area contributed by atoms with Gasteiger partial charge in [0, 0.05) is 24.6 Å². The molecule has 6 heteroatoms. The van der Waals surface area contributed by atoms with Crippen LogP contribution in [0.4, 0.5) is 0 Å². The highest BCUT2D eigenvalue weighted by atomic mass is 35.5. The molecule has 1 saturated heterocycles. The molecule has 0 aromatic heterocycles. The summed E-state index contributed by atoms with van der Waals surface area (Å²) in [5.74, 6) is 1.27. The van der Waals surface area contributed by atoms with E-state index in [4.69, 9.17) is 21.1 Å². The van der Waals surface area contributed by atoms with E-state index in [1.54, 1.807) is 13.2 Å². The van der Waals surface area contributed by atoms with Crippen LogP contribution in [0.25, 0.3) is 0 Å². The van der Waals surface area contributed by atoms with Gasteiger partial charge in [0.25, 0.3) is 0 Å². The average molecular weight is 382 g/mol. The SMILES string of the molecule is CC[C@H](CO)C(=O)N1CC2(CCC(Oc3ccc(Cl)c(OC)c3)CC2)C1. The van der Waals surface area contributed by atoms with Crippen LogP contribution in [-0.4, -0.2) is 48.8 Å². The molecular weight excluding hydrogens is 354 g/mol. The Kier molecular flexibility index (Phi) is 5.98. The molecule has 1 saturated carbocycles. The monoisotopic (exact) mass is 381 g/mol. The third-order valence-corrected chi connectivity index (χ3v) is 6.16. The van der Waals surface area contributed by atoms with Crippen LogP contribution in [0.3, 0.4) is 0 Å². The Balaban J connectivity index is 1.49. The summed E-state index contributed by atoms with van der Waals surface area (Å²) >= 11 is 6.06. The molecule has 1 aliphatic carbocycles.